The number of ether oxygens (including phenoxy) is 1. The van der Waals surface area contributed by atoms with Crippen molar-refractivity contribution >= 4 is 6.03 Å². The fourth-order valence-corrected chi connectivity index (χ4v) is 2.14. The van der Waals surface area contributed by atoms with Crippen LogP contribution >= 0.6 is 0 Å². The second-order valence-corrected chi connectivity index (χ2v) is 4.31. The molecule has 2 fully saturated rings. The van der Waals surface area contributed by atoms with E-state index in [2.05, 4.69) is 6.19 Å². The molecule has 2 rings (SSSR count). The molecule has 2 amide bonds. The largest absolute Gasteiger partial charge is 0.380 e. The van der Waals surface area contributed by atoms with Gasteiger partial charge in [-0.05, 0) is 6.42 Å². The van der Waals surface area contributed by atoms with Gasteiger partial charge in [0, 0.05) is 45.9 Å². The molecule has 0 atom stereocenters. The van der Waals surface area contributed by atoms with Crippen molar-refractivity contribution in [1.29, 1.82) is 5.26 Å². The van der Waals surface area contributed by atoms with Crippen molar-refractivity contribution in [2.45, 2.75) is 6.42 Å². The quantitative estimate of drug-likeness (QED) is 0.554. The maximum absolute atomic E-state index is 12.2. The summed E-state index contributed by atoms with van der Waals surface area (Å²) in [4.78, 5) is 17.6. The van der Waals surface area contributed by atoms with Crippen LogP contribution in [0.5, 0.6) is 0 Å². The highest BCUT2D eigenvalue weighted by Crippen LogP contribution is 2.07. The number of hydrogen-bond acceptors (Lipinski definition) is 4. The molecule has 0 unspecified atom stereocenters. The molecule has 0 aromatic heterocycles. The zero-order chi connectivity index (χ0) is 12.1. The molecule has 0 aliphatic carbocycles. The summed E-state index contributed by atoms with van der Waals surface area (Å²) < 4.78 is 5.33. The first-order valence-corrected chi connectivity index (χ1v) is 6.07. The van der Waals surface area contributed by atoms with Crippen LogP contribution in [-0.2, 0) is 4.74 Å². The summed E-state index contributed by atoms with van der Waals surface area (Å²) in [5.41, 5.74) is 0. The van der Waals surface area contributed by atoms with Gasteiger partial charge in [0.25, 0.3) is 0 Å². The van der Waals surface area contributed by atoms with Crippen molar-refractivity contribution in [3.63, 3.8) is 0 Å². The average Bonchev–Trinajstić information content (AvgIpc) is 2.67. The van der Waals surface area contributed by atoms with E-state index < -0.39 is 0 Å². The van der Waals surface area contributed by atoms with Gasteiger partial charge in [-0.1, -0.05) is 0 Å². The lowest BCUT2D eigenvalue weighted by atomic mass is 10.3. The molecule has 0 N–H and O–H groups in total. The third-order valence-electron chi connectivity index (χ3n) is 3.18. The summed E-state index contributed by atoms with van der Waals surface area (Å²) in [5.74, 6) is 0. The topological polar surface area (TPSA) is 59.8 Å². The summed E-state index contributed by atoms with van der Waals surface area (Å²) in [7, 11) is 0. The molecule has 0 radical (unpaired) electrons. The number of carbonyl (C=O) groups is 1. The Morgan fingerprint density at radius 2 is 1.71 bits per heavy atom. The van der Waals surface area contributed by atoms with Crippen molar-refractivity contribution in [3.05, 3.63) is 0 Å². The fraction of sp³-hybridized carbons (Fsp3) is 0.818. The lowest BCUT2D eigenvalue weighted by Gasteiger charge is -2.35. The monoisotopic (exact) mass is 238 g/mol. The standard InChI is InChI=1S/C11H18N4O2/c12-10-13-3-5-15(6-4-13)11(16)14-2-1-8-17-9-7-14/h1-9H2. The predicted molar refractivity (Wildman–Crippen MR) is 61.2 cm³/mol. The van der Waals surface area contributed by atoms with Crippen LogP contribution in [0.4, 0.5) is 4.79 Å². The Balaban J connectivity index is 1.85. The van der Waals surface area contributed by atoms with E-state index in [4.69, 9.17) is 10.00 Å². The second kappa shape index (κ2) is 5.73. The fourth-order valence-electron chi connectivity index (χ4n) is 2.14. The highest BCUT2D eigenvalue weighted by Gasteiger charge is 2.25. The molecule has 6 nitrogen and oxygen atoms in total. The zero-order valence-corrected chi connectivity index (χ0v) is 9.97. The van der Waals surface area contributed by atoms with Crippen molar-refractivity contribution in [2.24, 2.45) is 0 Å². The van der Waals surface area contributed by atoms with Gasteiger partial charge in [0.15, 0.2) is 6.19 Å². The van der Waals surface area contributed by atoms with Crippen LogP contribution in [0.25, 0.3) is 0 Å². The van der Waals surface area contributed by atoms with E-state index in [-0.39, 0.29) is 6.03 Å². The first-order chi connectivity index (χ1) is 8.31. The molecule has 2 aliphatic heterocycles. The van der Waals surface area contributed by atoms with E-state index in [1.165, 1.54) is 0 Å². The molecule has 17 heavy (non-hydrogen) atoms. The summed E-state index contributed by atoms with van der Waals surface area (Å²) in [6.07, 6.45) is 3.02. The SMILES string of the molecule is N#CN1CCN(C(=O)N2CCCOCC2)CC1. The van der Waals surface area contributed by atoms with Crippen molar-refractivity contribution < 1.29 is 9.53 Å². The maximum atomic E-state index is 12.2. The Kier molecular flexibility index (Phi) is 4.04. The maximum Gasteiger partial charge on any atom is 0.320 e. The third-order valence-corrected chi connectivity index (χ3v) is 3.18. The van der Waals surface area contributed by atoms with Crippen LogP contribution in [0.2, 0.25) is 0 Å². The van der Waals surface area contributed by atoms with Gasteiger partial charge in [-0.15, -0.1) is 0 Å². The molecular formula is C11H18N4O2. The number of carbonyl (C=O) groups excluding carboxylic acids is 1. The van der Waals surface area contributed by atoms with E-state index in [1.54, 1.807) is 4.90 Å². The number of nitrogens with zero attached hydrogens (tertiary/aromatic N) is 4. The van der Waals surface area contributed by atoms with Gasteiger partial charge in [0.05, 0.1) is 6.61 Å². The van der Waals surface area contributed by atoms with E-state index >= 15 is 0 Å². The van der Waals surface area contributed by atoms with Gasteiger partial charge >= 0.3 is 6.03 Å². The smallest absolute Gasteiger partial charge is 0.320 e. The van der Waals surface area contributed by atoms with Crippen LogP contribution in [-0.4, -0.2) is 73.2 Å². The third kappa shape index (κ3) is 3.01. The first-order valence-electron chi connectivity index (χ1n) is 6.07. The van der Waals surface area contributed by atoms with Gasteiger partial charge in [0.2, 0.25) is 0 Å². The van der Waals surface area contributed by atoms with Crippen LogP contribution in [0.15, 0.2) is 0 Å². The Bertz CT molecular complexity index is 299. The van der Waals surface area contributed by atoms with Gasteiger partial charge < -0.3 is 19.4 Å². The molecule has 2 saturated heterocycles. The first kappa shape index (κ1) is 12.0. The second-order valence-electron chi connectivity index (χ2n) is 4.31. The summed E-state index contributed by atoms with van der Waals surface area (Å²) in [5, 5.41) is 8.75. The molecule has 0 saturated carbocycles. The van der Waals surface area contributed by atoms with Gasteiger partial charge in [-0.25, -0.2) is 4.79 Å². The molecular weight excluding hydrogens is 220 g/mol. The van der Waals surface area contributed by atoms with E-state index in [0.717, 1.165) is 19.6 Å². The zero-order valence-electron chi connectivity index (χ0n) is 9.97. The van der Waals surface area contributed by atoms with E-state index in [9.17, 15) is 4.79 Å². The van der Waals surface area contributed by atoms with Crippen molar-refractivity contribution in [2.75, 3.05) is 52.5 Å². The molecule has 2 aliphatic rings. The van der Waals surface area contributed by atoms with Gasteiger partial charge in [-0.2, -0.15) is 5.26 Å². The molecule has 0 aromatic rings. The number of amides is 2. The Morgan fingerprint density at radius 3 is 2.41 bits per heavy atom. The number of piperazine rings is 1. The number of nitriles is 1. The van der Waals surface area contributed by atoms with Crippen LogP contribution in [0.3, 0.4) is 0 Å². The van der Waals surface area contributed by atoms with E-state index in [0.29, 0.717) is 39.3 Å². The van der Waals surface area contributed by atoms with Crippen molar-refractivity contribution in [1.82, 2.24) is 14.7 Å². The molecule has 0 aromatic carbocycles. The highest BCUT2D eigenvalue weighted by atomic mass is 16.5. The number of hydrogen-bond donors (Lipinski definition) is 0. The molecule has 94 valence electrons. The minimum Gasteiger partial charge on any atom is -0.380 e. The average molecular weight is 238 g/mol. The summed E-state index contributed by atoms with van der Waals surface area (Å²) in [6, 6.07) is 0.0908. The van der Waals surface area contributed by atoms with Crippen LogP contribution in [0, 0.1) is 11.5 Å². The predicted octanol–water partition coefficient (Wildman–Crippen LogP) is -0.0726. The lowest BCUT2D eigenvalue weighted by molar-refractivity contribution is 0.119. The Morgan fingerprint density at radius 1 is 1.00 bits per heavy atom. The minimum absolute atomic E-state index is 0.0908. The number of urea groups is 1. The normalized spacial score (nSPS) is 21.9. The Labute approximate surface area is 101 Å². The molecule has 2 heterocycles. The van der Waals surface area contributed by atoms with Crippen LogP contribution < -0.4 is 0 Å². The Hall–Kier alpha value is -1.48. The summed E-state index contributed by atoms with van der Waals surface area (Å²) in [6.45, 7) is 5.40. The van der Waals surface area contributed by atoms with E-state index in [1.807, 2.05) is 9.80 Å². The van der Waals surface area contributed by atoms with Crippen molar-refractivity contribution in [3.8, 4) is 6.19 Å². The van der Waals surface area contributed by atoms with Gasteiger partial charge in [-0.3, -0.25) is 0 Å². The highest BCUT2D eigenvalue weighted by molar-refractivity contribution is 5.74. The van der Waals surface area contributed by atoms with Gasteiger partial charge in [0.1, 0.15) is 0 Å². The summed E-state index contributed by atoms with van der Waals surface area (Å²) >= 11 is 0. The number of rotatable bonds is 0. The van der Waals surface area contributed by atoms with Crippen LogP contribution in [0.1, 0.15) is 6.42 Å². The molecule has 0 spiro atoms. The minimum atomic E-state index is 0.0908. The molecule has 6 heteroatoms. The molecule has 0 bridgehead atoms. The lowest BCUT2D eigenvalue weighted by Crippen LogP contribution is -2.52.